The smallest absolute Gasteiger partial charge is 0.0705 e. The molecule has 2 saturated heterocycles. The topological polar surface area (TPSA) is 21.7 Å². The number of nitrogens with zero attached hydrogens (tertiary/aromatic N) is 1. The van der Waals surface area contributed by atoms with E-state index in [0.29, 0.717) is 0 Å². The van der Waals surface area contributed by atoms with Gasteiger partial charge in [-0.1, -0.05) is 0 Å². The largest absolute Gasteiger partial charge is 0.379 e. The van der Waals surface area contributed by atoms with E-state index in [4.69, 9.17) is 9.47 Å². The van der Waals surface area contributed by atoms with Crippen LogP contribution in [0.2, 0.25) is 0 Å². The average molecular weight is 199 g/mol. The molecule has 0 aromatic heterocycles. The highest BCUT2D eigenvalue weighted by atomic mass is 16.5. The third-order valence-electron chi connectivity index (χ3n) is 3.29. The Morgan fingerprint density at radius 2 is 1.71 bits per heavy atom. The lowest BCUT2D eigenvalue weighted by Gasteiger charge is -2.50. The normalized spacial score (nSPS) is 35.4. The Kier molecular flexibility index (Phi) is 2.58. The summed E-state index contributed by atoms with van der Waals surface area (Å²) in [5, 5.41) is 0. The van der Waals surface area contributed by atoms with Gasteiger partial charge < -0.3 is 9.47 Å². The lowest BCUT2D eigenvalue weighted by Crippen LogP contribution is -2.63. The minimum atomic E-state index is 0.163. The predicted octanol–water partition coefficient (Wildman–Crippen LogP) is 1.28. The Balaban J connectivity index is 2.19. The molecule has 0 amide bonds. The van der Waals surface area contributed by atoms with Crippen LogP contribution in [0.3, 0.4) is 0 Å². The van der Waals surface area contributed by atoms with Crippen LogP contribution in [0.1, 0.15) is 27.2 Å². The summed E-state index contributed by atoms with van der Waals surface area (Å²) in [6.07, 6.45) is 1.12. The zero-order chi connectivity index (χ0) is 10.2. The van der Waals surface area contributed by atoms with Crippen LogP contribution in [0, 0.1) is 0 Å². The molecule has 1 atom stereocenters. The Morgan fingerprint density at radius 3 is 2.29 bits per heavy atom. The van der Waals surface area contributed by atoms with Gasteiger partial charge in [0.15, 0.2) is 0 Å². The third kappa shape index (κ3) is 1.69. The fourth-order valence-electron chi connectivity index (χ4n) is 2.70. The monoisotopic (exact) mass is 199 g/mol. The van der Waals surface area contributed by atoms with Crippen LogP contribution in [0.4, 0.5) is 0 Å². The molecule has 3 nitrogen and oxygen atoms in total. The Hall–Kier alpha value is -0.120. The lowest BCUT2D eigenvalue weighted by atomic mass is 9.90. The Bertz CT molecular complexity index is 204. The van der Waals surface area contributed by atoms with E-state index in [1.807, 2.05) is 0 Å². The zero-order valence-corrected chi connectivity index (χ0v) is 9.51. The van der Waals surface area contributed by atoms with Crippen LogP contribution in [0.15, 0.2) is 0 Å². The molecular formula is C11H21NO2. The van der Waals surface area contributed by atoms with Crippen LogP contribution in [0.25, 0.3) is 0 Å². The van der Waals surface area contributed by atoms with E-state index in [9.17, 15) is 0 Å². The average Bonchev–Trinajstić information content (AvgIpc) is 2.52. The van der Waals surface area contributed by atoms with Crippen LogP contribution in [-0.2, 0) is 9.47 Å². The zero-order valence-electron chi connectivity index (χ0n) is 9.51. The van der Waals surface area contributed by atoms with E-state index < -0.39 is 0 Å². The van der Waals surface area contributed by atoms with E-state index in [0.717, 1.165) is 39.4 Å². The second-order valence-electron chi connectivity index (χ2n) is 5.40. The molecule has 0 aliphatic carbocycles. The third-order valence-corrected chi connectivity index (χ3v) is 3.29. The number of morpholine rings is 1. The molecule has 14 heavy (non-hydrogen) atoms. The maximum Gasteiger partial charge on any atom is 0.0705 e. The fourth-order valence-corrected chi connectivity index (χ4v) is 2.70. The van der Waals surface area contributed by atoms with Gasteiger partial charge in [0, 0.05) is 18.7 Å². The standard InChI is InChI=1S/C11H21NO2/c1-10(2,3)12-5-7-14-9-11(12)4-6-13-8-11/h4-9H2,1-3H3. The fraction of sp³-hybridized carbons (Fsp3) is 1.00. The van der Waals surface area contributed by atoms with Crippen molar-refractivity contribution in [2.24, 2.45) is 0 Å². The Labute approximate surface area is 86.4 Å². The number of ether oxygens (including phenoxy) is 2. The van der Waals surface area contributed by atoms with E-state index >= 15 is 0 Å². The molecule has 0 aromatic rings. The summed E-state index contributed by atoms with van der Waals surface area (Å²) in [6.45, 7) is 11.3. The van der Waals surface area contributed by atoms with Gasteiger partial charge in [-0.2, -0.15) is 0 Å². The molecule has 82 valence electrons. The number of rotatable bonds is 0. The molecule has 2 aliphatic rings. The van der Waals surface area contributed by atoms with Crippen molar-refractivity contribution < 1.29 is 9.47 Å². The first-order valence-corrected chi connectivity index (χ1v) is 5.48. The van der Waals surface area contributed by atoms with Crippen molar-refractivity contribution >= 4 is 0 Å². The van der Waals surface area contributed by atoms with Crippen molar-refractivity contribution in [2.45, 2.75) is 38.3 Å². The van der Waals surface area contributed by atoms with Crippen molar-refractivity contribution in [3.63, 3.8) is 0 Å². The SMILES string of the molecule is CC(C)(C)N1CCOCC12CCOC2. The molecule has 2 heterocycles. The maximum atomic E-state index is 5.61. The van der Waals surface area contributed by atoms with Gasteiger partial charge in [-0.3, -0.25) is 4.90 Å². The van der Waals surface area contributed by atoms with Gasteiger partial charge in [-0.05, 0) is 27.2 Å². The lowest BCUT2D eigenvalue weighted by molar-refractivity contribution is -0.108. The molecule has 3 heteroatoms. The summed E-state index contributed by atoms with van der Waals surface area (Å²) in [5.41, 5.74) is 0.383. The Morgan fingerprint density at radius 1 is 1.07 bits per heavy atom. The van der Waals surface area contributed by atoms with E-state index in [-0.39, 0.29) is 11.1 Å². The summed E-state index contributed by atoms with van der Waals surface area (Å²) in [5.74, 6) is 0. The molecule has 0 saturated carbocycles. The molecule has 2 fully saturated rings. The molecule has 0 N–H and O–H groups in total. The molecular weight excluding hydrogens is 178 g/mol. The molecule has 2 rings (SSSR count). The van der Waals surface area contributed by atoms with E-state index in [1.165, 1.54) is 0 Å². The quantitative estimate of drug-likeness (QED) is 0.586. The molecule has 0 bridgehead atoms. The molecule has 1 spiro atoms. The number of hydrogen-bond acceptors (Lipinski definition) is 3. The van der Waals surface area contributed by atoms with E-state index in [2.05, 4.69) is 25.7 Å². The van der Waals surface area contributed by atoms with Crippen LogP contribution in [-0.4, -0.2) is 49.0 Å². The van der Waals surface area contributed by atoms with Gasteiger partial charge >= 0.3 is 0 Å². The van der Waals surface area contributed by atoms with Gasteiger partial charge in [-0.15, -0.1) is 0 Å². The second-order valence-corrected chi connectivity index (χ2v) is 5.40. The van der Waals surface area contributed by atoms with Crippen LogP contribution in [0.5, 0.6) is 0 Å². The van der Waals surface area contributed by atoms with Crippen molar-refractivity contribution in [3.05, 3.63) is 0 Å². The highest BCUT2D eigenvalue weighted by molar-refractivity contribution is 5.00. The minimum Gasteiger partial charge on any atom is -0.379 e. The van der Waals surface area contributed by atoms with Gasteiger partial charge in [0.25, 0.3) is 0 Å². The minimum absolute atomic E-state index is 0.163. The highest BCUT2D eigenvalue weighted by Crippen LogP contribution is 2.34. The van der Waals surface area contributed by atoms with Crippen molar-refractivity contribution in [3.8, 4) is 0 Å². The van der Waals surface area contributed by atoms with Gasteiger partial charge in [-0.25, -0.2) is 0 Å². The summed E-state index contributed by atoms with van der Waals surface area (Å²) in [6, 6.07) is 0. The first kappa shape index (κ1) is 10.4. The summed E-state index contributed by atoms with van der Waals surface area (Å²) < 4.78 is 11.2. The van der Waals surface area contributed by atoms with Crippen LogP contribution < -0.4 is 0 Å². The first-order valence-electron chi connectivity index (χ1n) is 5.48. The van der Waals surface area contributed by atoms with Crippen molar-refractivity contribution in [1.82, 2.24) is 4.90 Å². The summed E-state index contributed by atoms with van der Waals surface area (Å²) in [7, 11) is 0. The summed E-state index contributed by atoms with van der Waals surface area (Å²) in [4.78, 5) is 2.57. The van der Waals surface area contributed by atoms with Crippen LogP contribution >= 0.6 is 0 Å². The van der Waals surface area contributed by atoms with Crippen molar-refractivity contribution in [1.29, 1.82) is 0 Å². The first-order chi connectivity index (χ1) is 6.55. The molecule has 0 aromatic carbocycles. The number of hydrogen-bond donors (Lipinski definition) is 0. The highest BCUT2D eigenvalue weighted by Gasteiger charge is 2.46. The van der Waals surface area contributed by atoms with Gasteiger partial charge in [0.2, 0.25) is 0 Å². The second kappa shape index (κ2) is 3.47. The van der Waals surface area contributed by atoms with Crippen molar-refractivity contribution in [2.75, 3.05) is 33.0 Å². The van der Waals surface area contributed by atoms with Gasteiger partial charge in [0.05, 0.1) is 25.4 Å². The molecule has 2 aliphatic heterocycles. The van der Waals surface area contributed by atoms with Gasteiger partial charge in [0.1, 0.15) is 0 Å². The maximum absolute atomic E-state index is 5.61. The summed E-state index contributed by atoms with van der Waals surface area (Å²) >= 11 is 0. The molecule has 0 radical (unpaired) electrons. The molecule has 1 unspecified atom stereocenters. The van der Waals surface area contributed by atoms with E-state index in [1.54, 1.807) is 0 Å². The predicted molar refractivity (Wildman–Crippen MR) is 55.4 cm³/mol.